The van der Waals surface area contributed by atoms with E-state index in [9.17, 15) is 0 Å². The second-order valence-corrected chi connectivity index (χ2v) is 10.0. The van der Waals surface area contributed by atoms with Crippen LogP contribution in [0.4, 0.5) is 5.82 Å². The monoisotopic (exact) mass is 444 g/mol. The minimum absolute atomic E-state index is 0.172. The molecule has 1 aromatic carbocycles. The Bertz CT molecular complexity index is 1480. The van der Waals surface area contributed by atoms with Crippen molar-refractivity contribution in [2.45, 2.75) is 45.8 Å². The number of ether oxygens (including phenoxy) is 1. The van der Waals surface area contributed by atoms with E-state index in [1.54, 1.807) is 17.7 Å². The van der Waals surface area contributed by atoms with Crippen molar-refractivity contribution < 1.29 is 4.74 Å². The number of imidazole rings is 1. The zero-order chi connectivity index (χ0) is 21.9. The SMILES string of the molecule is Cc1nc2cc(CCNc3ncnc4c3sc3nc5c(cc34)COC(C)(C)C5)ccc2[nH]1. The summed E-state index contributed by atoms with van der Waals surface area (Å²) in [6, 6.07) is 8.59. The Morgan fingerprint density at radius 2 is 2.09 bits per heavy atom. The van der Waals surface area contributed by atoms with E-state index in [1.807, 2.05) is 6.92 Å². The van der Waals surface area contributed by atoms with Crippen molar-refractivity contribution in [2.75, 3.05) is 11.9 Å². The highest BCUT2D eigenvalue weighted by Crippen LogP contribution is 2.37. The molecule has 7 nitrogen and oxygen atoms in total. The summed E-state index contributed by atoms with van der Waals surface area (Å²) in [4.78, 5) is 22.9. The third-order valence-corrected chi connectivity index (χ3v) is 7.09. The molecule has 0 saturated heterocycles. The summed E-state index contributed by atoms with van der Waals surface area (Å²) in [6.07, 6.45) is 3.34. The summed E-state index contributed by atoms with van der Waals surface area (Å²) in [5, 5.41) is 4.59. The van der Waals surface area contributed by atoms with E-state index in [1.165, 1.54) is 5.56 Å². The van der Waals surface area contributed by atoms with E-state index in [4.69, 9.17) is 9.72 Å². The molecule has 0 saturated carbocycles. The maximum atomic E-state index is 5.99. The van der Waals surface area contributed by atoms with Crippen molar-refractivity contribution in [3.8, 4) is 0 Å². The summed E-state index contributed by atoms with van der Waals surface area (Å²) in [5.41, 5.74) is 6.41. The highest BCUT2D eigenvalue weighted by molar-refractivity contribution is 7.25. The third-order valence-electron chi connectivity index (χ3n) is 6.00. The molecule has 1 aliphatic rings. The number of nitrogens with one attached hydrogen (secondary N) is 2. The number of nitrogens with zero attached hydrogens (tertiary/aromatic N) is 4. The lowest BCUT2D eigenvalue weighted by Gasteiger charge is -2.30. The molecule has 32 heavy (non-hydrogen) atoms. The highest BCUT2D eigenvalue weighted by atomic mass is 32.1. The van der Waals surface area contributed by atoms with Crippen LogP contribution in [0.1, 0.15) is 36.5 Å². The van der Waals surface area contributed by atoms with Gasteiger partial charge in [0.25, 0.3) is 0 Å². The van der Waals surface area contributed by atoms with Gasteiger partial charge in [-0.2, -0.15) is 0 Å². The van der Waals surface area contributed by atoms with E-state index >= 15 is 0 Å². The Labute approximate surface area is 189 Å². The molecule has 1 aliphatic heterocycles. The molecule has 2 N–H and O–H groups in total. The smallest absolute Gasteiger partial charge is 0.147 e. The lowest BCUT2D eigenvalue weighted by molar-refractivity contribution is -0.0411. The molecule has 0 spiro atoms. The zero-order valence-electron chi connectivity index (χ0n) is 18.3. The van der Waals surface area contributed by atoms with Crippen molar-refractivity contribution in [1.82, 2.24) is 24.9 Å². The normalized spacial score (nSPS) is 15.5. The van der Waals surface area contributed by atoms with Gasteiger partial charge in [-0.1, -0.05) is 6.07 Å². The molecule has 0 amide bonds. The molecule has 0 aliphatic carbocycles. The number of benzene rings is 1. The van der Waals surface area contributed by atoms with Gasteiger partial charge in [0, 0.05) is 23.9 Å². The number of aromatic amines is 1. The molecule has 6 rings (SSSR count). The lowest BCUT2D eigenvalue weighted by atomic mass is 9.95. The van der Waals surface area contributed by atoms with Gasteiger partial charge in [-0.25, -0.2) is 19.9 Å². The Kier molecular flexibility index (Phi) is 4.41. The number of aromatic nitrogens is 5. The fraction of sp³-hybridized carbons (Fsp3) is 0.333. The molecule has 5 heterocycles. The number of thiophene rings is 1. The molecule has 4 aromatic heterocycles. The molecule has 0 radical (unpaired) electrons. The lowest BCUT2D eigenvalue weighted by Crippen LogP contribution is -2.32. The number of H-pyrrole nitrogens is 1. The summed E-state index contributed by atoms with van der Waals surface area (Å²) in [6.45, 7) is 7.59. The highest BCUT2D eigenvalue weighted by Gasteiger charge is 2.28. The average molecular weight is 445 g/mol. The third kappa shape index (κ3) is 3.40. The van der Waals surface area contributed by atoms with Crippen LogP contribution in [-0.2, 0) is 24.2 Å². The number of anilines is 1. The predicted octanol–water partition coefficient (Wildman–Crippen LogP) is 4.93. The number of aryl methyl sites for hydroxylation is 1. The Hall–Kier alpha value is -3.10. The van der Waals surface area contributed by atoms with E-state index in [0.29, 0.717) is 6.61 Å². The van der Waals surface area contributed by atoms with Gasteiger partial charge in [0.15, 0.2) is 0 Å². The van der Waals surface area contributed by atoms with Crippen LogP contribution in [0.2, 0.25) is 0 Å². The van der Waals surface area contributed by atoms with Crippen molar-refractivity contribution in [3.63, 3.8) is 0 Å². The number of fused-ring (bicyclic) bond motifs is 5. The van der Waals surface area contributed by atoms with Gasteiger partial charge < -0.3 is 15.0 Å². The van der Waals surface area contributed by atoms with Crippen molar-refractivity contribution in [3.05, 3.63) is 53.2 Å². The zero-order valence-corrected chi connectivity index (χ0v) is 19.1. The Balaban J connectivity index is 1.28. The second kappa shape index (κ2) is 7.21. The summed E-state index contributed by atoms with van der Waals surface area (Å²) >= 11 is 1.66. The predicted molar refractivity (Wildman–Crippen MR) is 128 cm³/mol. The van der Waals surface area contributed by atoms with Gasteiger partial charge in [-0.3, -0.25) is 0 Å². The van der Waals surface area contributed by atoms with Crippen molar-refractivity contribution in [1.29, 1.82) is 0 Å². The molecular weight excluding hydrogens is 420 g/mol. The van der Waals surface area contributed by atoms with E-state index in [-0.39, 0.29) is 5.60 Å². The Morgan fingerprint density at radius 3 is 3.00 bits per heavy atom. The van der Waals surface area contributed by atoms with Crippen LogP contribution in [0.15, 0.2) is 30.6 Å². The number of pyridine rings is 1. The number of hydrogen-bond donors (Lipinski definition) is 2. The minimum atomic E-state index is -0.172. The van der Waals surface area contributed by atoms with Gasteiger partial charge in [-0.05, 0) is 51.0 Å². The first kappa shape index (κ1) is 19.6. The van der Waals surface area contributed by atoms with Crippen LogP contribution < -0.4 is 5.32 Å². The van der Waals surface area contributed by atoms with Crippen LogP contribution >= 0.6 is 11.3 Å². The quantitative estimate of drug-likeness (QED) is 0.409. The molecule has 0 atom stereocenters. The molecule has 162 valence electrons. The first-order valence-electron chi connectivity index (χ1n) is 10.8. The molecule has 0 bridgehead atoms. The number of rotatable bonds is 4. The van der Waals surface area contributed by atoms with E-state index in [2.05, 4.69) is 63.4 Å². The van der Waals surface area contributed by atoms with E-state index < -0.39 is 0 Å². The maximum Gasteiger partial charge on any atom is 0.147 e. The van der Waals surface area contributed by atoms with Crippen LogP contribution in [0.5, 0.6) is 0 Å². The van der Waals surface area contributed by atoms with Gasteiger partial charge >= 0.3 is 0 Å². The van der Waals surface area contributed by atoms with Gasteiger partial charge in [0.05, 0.1) is 39.2 Å². The van der Waals surface area contributed by atoms with Crippen LogP contribution in [-0.4, -0.2) is 37.1 Å². The average Bonchev–Trinajstić information content (AvgIpc) is 3.30. The number of hydrogen-bond acceptors (Lipinski definition) is 7. The largest absolute Gasteiger partial charge is 0.370 e. The second-order valence-electron chi connectivity index (χ2n) is 9.02. The first-order valence-corrected chi connectivity index (χ1v) is 11.7. The van der Waals surface area contributed by atoms with E-state index in [0.717, 1.165) is 73.8 Å². The van der Waals surface area contributed by atoms with Crippen molar-refractivity contribution >= 4 is 48.6 Å². The standard InChI is InChI=1S/C24H24N6OS/c1-13-28-17-5-4-14(8-18(17)29-13)6-7-25-22-21-20(26-12-27-22)16-9-15-11-31-24(2,3)10-19(15)30-23(16)32-21/h4-5,8-9,12H,6-7,10-11H2,1-3H3,(H,28,29)(H,25,26,27). The van der Waals surface area contributed by atoms with Crippen LogP contribution in [0.25, 0.3) is 31.5 Å². The summed E-state index contributed by atoms with van der Waals surface area (Å²) < 4.78 is 7.04. The van der Waals surface area contributed by atoms with Crippen LogP contribution in [0.3, 0.4) is 0 Å². The van der Waals surface area contributed by atoms with Crippen molar-refractivity contribution in [2.24, 2.45) is 0 Å². The fourth-order valence-corrected chi connectivity index (χ4v) is 5.47. The molecule has 0 fully saturated rings. The maximum absolute atomic E-state index is 5.99. The Morgan fingerprint density at radius 1 is 1.19 bits per heavy atom. The fourth-order valence-electron chi connectivity index (χ4n) is 4.37. The van der Waals surface area contributed by atoms with Gasteiger partial charge in [0.2, 0.25) is 0 Å². The molecule has 5 aromatic rings. The first-order chi connectivity index (χ1) is 15.4. The van der Waals surface area contributed by atoms with Gasteiger partial charge in [-0.15, -0.1) is 11.3 Å². The van der Waals surface area contributed by atoms with Crippen LogP contribution in [0, 0.1) is 6.92 Å². The molecule has 0 unspecified atom stereocenters. The topological polar surface area (TPSA) is 88.6 Å². The van der Waals surface area contributed by atoms with Gasteiger partial charge in [0.1, 0.15) is 22.8 Å². The summed E-state index contributed by atoms with van der Waals surface area (Å²) in [5.74, 6) is 1.80. The molecular formula is C24H24N6OS. The minimum Gasteiger partial charge on any atom is -0.370 e. The summed E-state index contributed by atoms with van der Waals surface area (Å²) in [7, 11) is 0. The molecule has 8 heteroatoms.